The Labute approximate surface area is 160 Å². The first-order valence-corrected chi connectivity index (χ1v) is 9.44. The number of nitrogens with zero attached hydrogens (tertiary/aromatic N) is 2. The maximum atomic E-state index is 12.6. The van der Waals surface area contributed by atoms with Crippen LogP contribution in [0.1, 0.15) is 28.1 Å². The second-order valence-corrected chi connectivity index (χ2v) is 7.40. The van der Waals surface area contributed by atoms with Gasteiger partial charge in [-0.3, -0.25) is 19.7 Å². The maximum Gasteiger partial charge on any atom is 0.324 e. The lowest BCUT2D eigenvalue weighted by Gasteiger charge is -2.23. The van der Waals surface area contributed by atoms with Crippen molar-refractivity contribution < 1.29 is 14.5 Å². The number of carbonyl (C=O) groups is 2. The molecule has 1 unspecified atom stereocenters. The van der Waals surface area contributed by atoms with Crippen LogP contribution in [0.3, 0.4) is 0 Å². The van der Waals surface area contributed by atoms with Crippen LogP contribution in [0.2, 0.25) is 0 Å². The molecule has 1 aliphatic heterocycles. The zero-order valence-electron chi connectivity index (χ0n) is 14.6. The lowest BCUT2D eigenvalue weighted by Crippen LogP contribution is -2.46. The van der Waals surface area contributed by atoms with Gasteiger partial charge in [0.25, 0.3) is 5.91 Å². The van der Waals surface area contributed by atoms with Gasteiger partial charge in [-0.1, -0.05) is 23.5 Å². The number of benzene rings is 1. The zero-order chi connectivity index (χ0) is 19.4. The molecule has 142 valence electrons. The number of amides is 2. The molecule has 2 aromatic rings. The smallest absolute Gasteiger partial charge is 0.324 e. The molecule has 0 bridgehead atoms. The molecule has 0 aliphatic carbocycles. The first-order chi connectivity index (χ1) is 13.0. The minimum Gasteiger partial charge on any atom is -0.399 e. The SMILES string of the molecule is Nc1ccc(CCNC(=O)C2CCCN2C(=O)c2ccc([N+](=O)[O-])s2)cc1. The van der Waals surface area contributed by atoms with Gasteiger partial charge in [-0.2, -0.15) is 0 Å². The van der Waals surface area contributed by atoms with Crippen LogP contribution in [0.5, 0.6) is 0 Å². The van der Waals surface area contributed by atoms with Gasteiger partial charge in [-0.15, -0.1) is 0 Å². The Morgan fingerprint density at radius 3 is 2.67 bits per heavy atom. The predicted octanol–water partition coefficient (Wildman–Crippen LogP) is 2.20. The van der Waals surface area contributed by atoms with E-state index in [1.54, 1.807) is 0 Å². The summed E-state index contributed by atoms with van der Waals surface area (Å²) in [5.41, 5.74) is 7.41. The fourth-order valence-electron chi connectivity index (χ4n) is 3.10. The Morgan fingerprint density at radius 2 is 2.00 bits per heavy atom. The van der Waals surface area contributed by atoms with Gasteiger partial charge in [-0.05, 0) is 43.0 Å². The second kappa shape index (κ2) is 8.17. The van der Waals surface area contributed by atoms with Crippen molar-refractivity contribution in [2.24, 2.45) is 0 Å². The van der Waals surface area contributed by atoms with Crippen molar-refractivity contribution in [1.29, 1.82) is 0 Å². The molecule has 27 heavy (non-hydrogen) atoms. The number of hydrogen-bond donors (Lipinski definition) is 2. The van der Waals surface area contributed by atoms with Crippen LogP contribution in [0.25, 0.3) is 0 Å². The van der Waals surface area contributed by atoms with E-state index in [4.69, 9.17) is 5.73 Å². The number of anilines is 1. The van der Waals surface area contributed by atoms with Crippen LogP contribution < -0.4 is 11.1 Å². The van der Waals surface area contributed by atoms with Crippen LogP contribution in [0.4, 0.5) is 10.7 Å². The second-order valence-electron chi connectivity index (χ2n) is 6.33. The van der Waals surface area contributed by atoms with Crippen molar-refractivity contribution in [2.45, 2.75) is 25.3 Å². The van der Waals surface area contributed by atoms with E-state index < -0.39 is 11.0 Å². The largest absolute Gasteiger partial charge is 0.399 e. The number of thiophene rings is 1. The number of nitrogens with two attached hydrogens (primary N) is 1. The normalized spacial score (nSPS) is 16.3. The van der Waals surface area contributed by atoms with Gasteiger partial charge in [0.05, 0.1) is 9.80 Å². The number of nitro groups is 1. The highest BCUT2D eigenvalue weighted by atomic mass is 32.1. The molecule has 1 aliphatic rings. The standard InChI is InChI=1S/C18H20N4O4S/c19-13-5-3-12(4-6-13)9-10-20-17(23)14-2-1-11-21(14)18(24)15-7-8-16(27-15)22(25)26/h3-8,14H,1-2,9-11,19H2,(H,20,23). The number of nitrogen functional groups attached to an aromatic ring is 1. The topological polar surface area (TPSA) is 119 Å². The van der Waals surface area contributed by atoms with E-state index in [-0.39, 0.29) is 21.7 Å². The molecule has 1 saturated heterocycles. The van der Waals surface area contributed by atoms with E-state index in [1.165, 1.54) is 17.0 Å². The number of rotatable bonds is 6. The molecule has 8 nitrogen and oxygen atoms in total. The minimum absolute atomic E-state index is 0.0814. The highest BCUT2D eigenvalue weighted by Gasteiger charge is 2.35. The molecule has 2 amide bonds. The van der Waals surface area contributed by atoms with Crippen LogP contribution in [-0.4, -0.2) is 40.8 Å². The van der Waals surface area contributed by atoms with Crippen LogP contribution >= 0.6 is 11.3 Å². The average Bonchev–Trinajstić information content (AvgIpc) is 3.32. The molecule has 0 radical (unpaired) electrons. The summed E-state index contributed by atoms with van der Waals surface area (Å²) in [5, 5.41) is 13.6. The molecule has 0 saturated carbocycles. The fourth-order valence-corrected chi connectivity index (χ4v) is 3.87. The van der Waals surface area contributed by atoms with Crippen LogP contribution in [0, 0.1) is 10.1 Å². The molecule has 1 aromatic heterocycles. The van der Waals surface area contributed by atoms with Gasteiger partial charge in [0.2, 0.25) is 5.91 Å². The predicted molar refractivity (Wildman–Crippen MR) is 103 cm³/mol. The minimum atomic E-state index is -0.537. The number of nitrogens with one attached hydrogen (secondary N) is 1. The van der Waals surface area contributed by atoms with Gasteiger partial charge in [-0.25, -0.2) is 0 Å². The van der Waals surface area contributed by atoms with Crippen molar-refractivity contribution in [1.82, 2.24) is 10.2 Å². The summed E-state index contributed by atoms with van der Waals surface area (Å²) in [6.45, 7) is 0.937. The summed E-state index contributed by atoms with van der Waals surface area (Å²) >= 11 is 0.834. The molecule has 1 atom stereocenters. The van der Waals surface area contributed by atoms with Crippen molar-refractivity contribution in [3.05, 3.63) is 57.0 Å². The molecule has 9 heteroatoms. The van der Waals surface area contributed by atoms with Crippen molar-refractivity contribution in [3.8, 4) is 0 Å². The summed E-state index contributed by atoms with van der Waals surface area (Å²) in [7, 11) is 0. The zero-order valence-corrected chi connectivity index (χ0v) is 15.4. The van der Waals surface area contributed by atoms with E-state index in [0.29, 0.717) is 31.6 Å². The highest BCUT2D eigenvalue weighted by molar-refractivity contribution is 7.17. The van der Waals surface area contributed by atoms with E-state index in [9.17, 15) is 19.7 Å². The van der Waals surface area contributed by atoms with Gasteiger partial charge in [0.1, 0.15) is 6.04 Å². The molecular weight excluding hydrogens is 368 g/mol. The number of likely N-dealkylation sites (tertiary alicyclic amines) is 1. The third kappa shape index (κ3) is 4.43. The van der Waals surface area contributed by atoms with Crippen LogP contribution in [0.15, 0.2) is 36.4 Å². The van der Waals surface area contributed by atoms with E-state index in [0.717, 1.165) is 23.3 Å². The highest BCUT2D eigenvalue weighted by Crippen LogP contribution is 2.28. The third-order valence-electron chi connectivity index (χ3n) is 4.49. The first kappa shape index (κ1) is 18.8. The van der Waals surface area contributed by atoms with E-state index >= 15 is 0 Å². The summed E-state index contributed by atoms with van der Waals surface area (Å²) in [6.07, 6.45) is 1.99. The van der Waals surface area contributed by atoms with Gasteiger partial charge in [0.15, 0.2) is 0 Å². The maximum absolute atomic E-state index is 12.6. The Hall–Kier alpha value is -2.94. The van der Waals surface area contributed by atoms with Gasteiger partial charge < -0.3 is 16.0 Å². The lowest BCUT2D eigenvalue weighted by atomic mass is 10.1. The monoisotopic (exact) mass is 388 g/mol. The van der Waals surface area contributed by atoms with E-state index in [2.05, 4.69) is 5.32 Å². The Morgan fingerprint density at radius 1 is 1.26 bits per heavy atom. The first-order valence-electron chi connectivity index (χ1n) is 8.63. The van der Waals surface area contributed by atoms with Crippen molar-refractivity contribution >= 4 is 33.8 Å². The fraction of sp³-hybridized carbons (Fsp3) is 0.333. The quantitative estimate of drug-likeness (QED) is 0.447. The van der Waals surface area contributed by atoms with Crippen LogP contribution in [-0.2, 0) is 11.2 Å². The molecule has 1 fully saturated rings. The molecule has 1 aromatic carbocycles. The van der Waals surface area contributed by atoms with Gasteiger partial charge >= 0.3 is 5.00 Å². The molecule has 2 heterocycles. The lowest BCUT2D eigenvalue weighted by molar-refractivity contribution is -0.380. The Bertz CT molecular complexity index is 849. The van der Waals surface area contributed by atoms with Crippen molar-refractivity contribution in [2.75, 3.05) is 18.8 Å². The summed E-state index contributed by atoms with van der Waals surface area (Å²) in [5.74, 6) is -0.522. The summed E-state index contributed by atoms with van der Waals surface area (Å²) in [4.78, 5) is 37.2. The Kier molecular flexibility index (Phi) is 5.70. The number of carbonyl (C=O) groups excluding carboxylic acids is 2. The molecule has 3 N–H and O–H groups in total. The summed E-state index contributed by atoms with van der Waals surface area (Å²) in [6, 6.07) is 9.68. The number of hydrogen-bond acceptors (Lipinski definition) is 6. The van der Waals surface area contributed by atoms with Crippen molar-refractivity contribution in [3.63, 3.8) is 0 Å². The Balaban J connectivity index is 1.57. The molecular formula is C18H20N4O4S. The molecule has 0 spiro atoms. The summed E-state index contributed by atoms with van der Waals surface area (Å²) < 4.78 is 0. The average molecular weight is 388 g/mol. The van der Waals surface area contributed by atoms with Gasteiger partial charge in [0, 0.05) is 24.8 Å². The third-order valence-corrected chi connectivity index (χ3v) is 5.52. The van der Waals surface area contributed by atoms with E-state index in [1.807, 2.05) is 24.3 Å². The molecule has 3 rings (SSSR count).